The second-order valence-corrected chi connectivity index (χ2v) is 7.95. The monoisotopic (exact) mass is 357 g/mol. The van der Waals surface area contributed by atoms with Gasteiger partial charge in [0.25, 0.3) is 5.91 Å². The standard InChI is InChI=1S/C21H27NO2S/c1-15-10-16(2)20(17(3)11-15)24-13-18-12-19(25-14-18)21(23)22-8-6-4-5-7-9-22/h10-12,14H,4-9,13H2,1-3H3. The molecule has 2 heterocycles. The van der Waals surface area contributed by atoms with E-state index in [0.29, 0.717) is 6.61 Å². The molecule has 3 nitrogen and oxygen atoms in total. The van der Waals surface area contributed by atoms with Crippen molar-refractivity contribution < 1.29 is 9.53 Å². The van der Waals surface area contributed by atoms with Crippen LogP contribution in [0.15, 0.2) is 23.6 Å². The number of aryl methyl sites for hydroxylation is 3. The van der Waals surface area contributed by atoms with Crippen LogP contribution in [0.1, 0.15) is 57.6 Å². The average molecular weight is 358 g/mol. The van der Waals surface area contributed by atoms with E-state index >= 15 is 0 Å². The van der Waals surface area contributed by atoms with Crippen molar-refractivity contribution in [2.75, 3.05) is 13.1 Å². The molecule has 1 aromatic heterocycles. The minimum absolute atomic E-state index is 0.181. The fraction of sp³-hybridized carbons (Fsp3) is 0.476. The molecule has 0 bridgehead atoms. The number of likely N-dealkylation sites (tertiary alicyclic amines) is 1. The quantitative estimate of drug-likeness (QED) is 0.746. The lowest BCUT2D eigenvalue weighted by atomic mass is 10.1. The number of carbonyl (C=O) groups is 1. The van der Waals surface area contributed by atoms with Crippen LogP contribution in [-0.4, -0.2) is 23.9 Å². The summed E-state index contributed by atoms with van der Waals surface area (Å²) < 4.78 is 6.05. The lowest BCUT2D eigenvalue weighted by Crippen LogP contribution is -2.31. The molecular weight excluding hydrogens is 330 g/mol. The highest BCUT2D eigenvalue weighted by Crippen LogP contribution is 2.26. The fourth-order valence-electron chi connectivity index (χ4n) is 3.54. The molecule has 4 heteroatoms. The molecule has 134 valence electrons. The van der Waals surface area contributed by atoms with Crippen LogP contribution in [0.5, 0.6) is 5.75 Å². The molecule has 1 saturated heterocycles. The van der Waals surface area contributed by atoms with Gasteiger partial charge in [0.05, 0.1) is 4.88 Å². The van der Waals surface area contributed by atoms with Crippen LogP contribution in [0.2, 0.25) is 0 Å². The summed E-state index contributed by atoms with van der Waals surface area (Å²) in [7, 11) is 0. The van der Waals surface area contributed by atoms with E-state index < -0.39 is 0 Å². The second kappa shape index (κ2) is 8.05. The van der Waals surface area contributed by atoms with E-state index in [1.54, 1.807) is 0 Å². The number of hydrogen-bond donors (Lipinski definition) is 0. The van der Waals surface area contributed by atoms with Crippen molar-refractivity contribution in [2.24, 2.45) is 0 Å². The van der Waals surface area contributed by atoms with Crippen molar-refractivity contribution in [3.05, 3.63) is 50.7 Å². The van der Waals surface area contributed by atoms with Crippen LogP contribution < -0.4 is 4.74 Å². The molecule has 1 amide bonds. The van der Waals surface area contributed by atoms with Gasteiger partial charge in [-0.1, -0.05) is 30.5 Å². The van der Waals surface area contributed by atoms with Gasteiger partial charge in [0.2, 0.25) is 0 Å². The Morgan fingerprint density at radius 3 is 2.32 bits per heavy atom. The topological polar surface area (TPSA) is 29.5 Å². The van der Waals surface area contributed by atoms with E-state index in [0.717, 1.165) is 53.2 Å². The molecule has 25 heavy (non-hydrogen) atoms. The molecule has 1 aliphatic heterocycles. The van der Waals surface area contributed by atoms with Gasteiger partial charge >= 0.3 is 0 Å². The Hall–Kier alpha value is -1.81. The first-order chi connectivity index (χ1) is 12.0. The number of carbonyl (C=O) groups excluding carboxylic acids is 1. The maximum atomic E-state index is 12.7. The summed E-state index contributed by atoms with van der Waals surface area (Å²) in [5, 5.41) is 2.05. The van der Waals surface area contributed by atoms with Gasteiger partial charge in [-0.05, 0) is 56.2 Å². The van der Waals surface area contributed by atoms with Crippen LogP contribution in [0.3, 0.4) is 0 Å². The first kappa shape index (κ1) is 18.0. The van der Waals surface area contributed by atoms with Crippen molar-refractivity contribution in [3.8, 4) is 5.75 Å². The molecule has 3 rings (SSSR count). The Morgan fingerprint density at radius 2 is 1.68 bits per heavy atom. The molecule has 0 saturated carbocycles. The average Bonchev–Trinajstić information content (AvgIpc) is 2.87. The predicted molar refractivity (Wildman–Crippen MR) is 104 cm³/mol. The zero-order chi connectivity index (χ0) is 17.8. The molecule has 0 unspecified atom stereocenters. The number of nitrogens with zero attached hydrogens (tertiary/aromatic N) is 1. The van der Waals surface area contributed by atoms with Crippen molar-refractivity contribution in [2.45, 2.75) is 53.1 Å². The fourth-order valence-corrected chi connectivity index (χ4v) is 4.41. The smallest absolute Gasteiger partial charge is 0.263 e. The Bertz CT molecular complexity index is 719. The molecule has 0 spiro atoms. The van der Waals surface area contributed by atoms with Crippen LogP contribution in [0.25, 0.3) is 0 Å². The third-order valence-corrected chi connectivity index (χ3v) is 5.71. The largest absolute Gasteiger partial charge is 0.488 e. The third kappa shape index (κ3) is 4.43. The maximum absolute atomic E-state index is 12.7. The molecule has 0 aliphatic carbocycles. The van der Waals surface area contributed by atoms with E-state index in [4.69, 9.17) is 4.74 Å². The van der Waals surface area contributed by atoms with E-state index in [9.17, 15) is 4.79 Å². The van der Waals surface area contributed by atoms with Gasteiger partial charge in [-0.3, -0.25) is 4.79 Å². The van der Waals surface area contributed by atoms with Gasteiger partial charge < -0.3 is 9.64 Å². The zero-order valence-corrected chi connectivity index (χ0v) is 16.2. The van der Waals surface area contributed by atoms with Crippen LogP contribution in [0.4, 0.5) is 0 Å². The predicted octanol–water partition coefficient (Wildman–Crippen LogP) is 5.27. The summed E-state index contributed by atoms with van der Waals surface area (Å²) in [6, 6.07) is 6.28. The third-order valence-electron chi connectivity index (χ3n) is 4.75. The molecule has 0 radical (unpaired) electrons. The first-order valence-corrected chi connectivity index (χ1v) is 10.00. The Balaban J connectivity index is 1.65. The molecular formula is C21H27NO2S. The van der Waals surface area contributed by atoms with Crippen molar-refractivity contribution in [1.82, 2.24) is 4.90 Å². The van der Waals surface area contributed by atoms with Crippen LogP contribution in [0, 0.1) is 20.8 Å². The molecule has 0 N–H and O–H groups in total. The SMILES string of the molecule is Cc1cc(C)c(OCc2csc(C(=O)N3CCCCCC3)c2)c(C)c1. The second-order valence-electron chi connectivity index (χ2n) is 7.04. The number of ether oxygens (including phenoxy) is 1. The number of rotatable bonds is 4. The van der Waals surface area contributed by atoms with Crippen molar-refractivity contribution in [3.63, 3.8) is 0 Å². The minimum Gasteiger partial charge on any atom is -0.488 e. The van der Waals surface area contributed by atoms with E-state index in [1.165, 1.54) is 29.7 Å². The molecule has 1 fully saturated rings. The van der Waals surface area contributed by atoms with E-state index in [2.05, 4.69) is 32.9 Å². The van der Waals surface area contributed by atoms with Crippen LogP contribution >= 0.6 is 11.3 Å². The normalized spacial score (nSPS) is 15.1. The number of hydrogen-bond acceptors (Lipinski definition) is 3. The lowest BCUT2D eigenvalue weighted by molar-refractivity contribution is 0.0766. The highest BCUT2D eigenvalue weighted by Gasteiger charge is 2.19. The molecule has 2 aromatic rings. The molecule has 0 atom stereocenters. The van der Waals surface area contributed by atoms with Crippen molar-refractivity contribution in [1.29, 1.82) is 0 Å². The van der Waals surface area contributed by atoms with E-state index in [1.807, 2.05) is 16.3 Å². The molecule has 1 aromatic carbocycles. The van der Waals surface area contributed by atoms with Crippen molar-refractivity contribution >= 4 is 17.2 Å². The van der Waals surface area contributed by atoms with Gasteiger partial charge in [-0.15, -0.1) is 11.3 Å². The lowest BCUT2D eigenvalue weighted by Gasteiger charge is -2.19. The Labute approximate surface area is 154 Å². The highest BCUT2D eigenvalue weighted by molar-refractivity contribution is 7.12. The number of amides is 1. The summed E-state index contributed by atoms with van der Waals surface area (Å²) in [6.45, 7) is 8.56. The van der Waals surface area contributed by atoms with Crippen LogP contribution in [-0.2, 0) is 6.61 Å². The summed E-state index contributed by atoms with van der Waals surface area (Å²) in [5.41, 5.74) is 4.65. The summed E-state index contributed by atoms with van der Waals surface area (Å²) >= 11 is 1.53. The Morgan fingerprint density at radius 1 is 1.04 bits per heavy atom. The maximum Gasteiger partial charge on any atom is 0.263 e. The summed E-state index contributed by atoms with van der Waals surface area (Å²) in [5.74, 6) is 1.14. The zero-order valence-electron chi connectivity index (χ0n) is 15.4. The minimum atomic E-state index is 0.181. The van der Waals surface area contributed by atoms with Gasteiger partial charge in [-0.2, -0.15) is 0 Å². The van der Waals surface area contributed by atoms with Gasteiger partial charge in [-0.25, -0.2) is 0 Å². The van der Waals surface area contributed by atoms with Gasteiger partial charge in [0.15, 0.2) is 0 Å². The van der Waals surface area contributed by atoms with Gasteiger partial charge in [0.1, 0.15) is 12.4 Å². The van der Waals surface area contributed by atoms with E-state index in [-0.39, 0.29) is 5.91 Å². The van der Waals surface area contributed by atoms with Gasteiger partial charge in [0, 0.05) is 18.7 Å². The Kier molecular flexibility index (Phi) is 5.79. The summed E-state index contributed by atoms with van der Waals surface area (Å²) in [6.07, 6.45) is 4.73. The number of thiophene rings is 1. The molecule has 1 aliphatic rings. The highest BCUT2D eigenvalue weighted by atomic mass is 32.1. The summed E-state index contributed by atoms with van der Waals surface area (Å²) in [4.78, 5) is 15.5. The number of benzene rings is 1. The first-order valence-electron chi connectivity index (χ1n) is 9.12.